The number of rotatable bonds is 5. The molecule has 2 heterocycles. The van der Waals surface area contributed by atoms with E-state index in [9.17, 15) is 18.0 Å². The van der Waals surface area contributed by atoms with Gasteiger partial charge in [-0.2, -0.15) is 4.31 Å². The van der Waals surface area contributed by atoms with Crippen molar-refractivity contribution < 1.29 is 18.0 Å². The van der Waals surface area contributed by atoms with Gasteiger partial charge in [0.2, 0.25) is 10.0 Å². The molecule has 0 N–H and O–H groups in total. The normalized spacial score (nSPS) is 17.8. The van der Waals surface area contributed by atoms with Crippen molar-refractivity contribution >= 4 is 32.6 Å². The van der Waals surface area contributed by atoms with Crippen molar-refractivity contribution in [1.29, 1.82) is 0 Å². The summed E-state index contributed by atoms with van der Waals surface area (Å²) in [6.07, 6.45) is 0. The Hall–Kier alpha value is -3.07. The predicted molar refractivity (Wildman–Crippen MR) is 121 cm³/mol. The monoisotopic (exact) mass is 449 g/mol. The maximum atomic E-state index is 13.0. The van der Waals surface area contributed by atoms with Gasteiger partial charge in [0.15, 0.2) is 0 Å². The summed E-state index contributed by atoms with van der Waals surface area (Å²) in [5.74, 6) is -0.547. The second-order valence-corrected chi connectivity index (χ2v) is 9.97. The van der Waals surface area contributed by atoms with Gasteiger partial charge in [-0.3, -0.25) is 19.4 Å². The minimum absolute atomic E-state index is 0.272. The molecule has 1 fully saturated rings. The lowest BCUT2D eigenvalue weighted by molar-refractivity contribution is 0.0584. The third-order valence-electron chi connectivity index (χ3n) is 6.21. The Bertz CT molecular complexity index is 1250. The van der Waals surface area contributed by atoms with E-state index in [2.05, 4.69) is 4.90 Å². The molecule has 0 bridgehead atoms. The zero-order chi connectivity index (χ0) is 22.3. The molecule has 32 heavy (non-hydrogen) atoms. The summed E-state index contributed by atoms with van der Waals surface area (Å²) in [6, 6.07) is 19.4. The van der Waals surface area contributed by atoms with Gasteiger partial charge >= 0.3 is 0 Å². The number of carbonyl (C=O) groups is 2. The second kappa shape index (κ2) is 8.12. The Kier molecular flexibility index (Phi) is 5.28. The summed E-state index contributed by atoms with van der Waals surface area (Å²) in [6.45, 7) is 2.63. The number of nitrogens with zero attached hydrogens (tertiary/aromatic N) is 3. The lowest BCUT2D eigenvalue weighted by Crippen LogP contribution is -2.51. The van der Waals surface area contributed by atoms with E-state index in [0.29, 0.717) is 48.7 Å². The molecule has 2 aliphatic rings. The summed E-state index contributed by atoms with van der Waals surface area (Å²) in [4.78, 5) is 29.8. The zero-order valence-electron chi connectivity index (χ0n) is 17.5. The maximum Gasteiger partial charge on any atom is 0.261 e. The summed E-state index contributed by atoms with van der Waals surface area (Å²) in [5.41, 5.74) is 1.10. The summed E-state index contributed by atoms with van der Waals surface area (Å²) >= 11 is 0. The van der Waals surface area contributed by atoms with Crippen LogP contribution in [0.5, 0.6) is 0 Å². The van der Waals surface area contributed by atoms with Crippen LogP contribution in [0.4, 0.5) is 0 Å². The zero-order valence-corrected chi connectivity index (χ0v) is 18.3. The lowest BCUT2D eigenvalue weighted by atomic mass is 9.94. The minimum Gasteiger partial charge on any atom is -0.299 e. The molecule has 5 rings (SSSR count). The first-order valence-corrected chi connectivity index (χ1v) is 12.1. The van der Waals surface area contributed by atoms with Gasteiger partial charge in [0.25, 0.3) is 11.8 Å². The molecule has 0 aromatic heterocycles. The molecule has 3 aromatic carbocycles. The number of benzene rings is 3. The minimum atomic E-state index is -3.51. The van der Waals surface area contributed by atoms with Gasteiger partial charge in [0.1, 0.15) is 0 Å². The van der Waals surface area contributed by atoms with E-state index >= 15 is 0 Å². The second-order valence-electron chi connectivity index (χ2n) is 8.03. The van der Waals surface area contributed by atoms with Crippen LogP contribution < -0.4 is 0 Å². The Morgan fingerprint density at radius 1 is 0.688 bits per heavy atom. The number of hydrogen-bond donors (Lipinski definition) is 0. The van der Waals surface area contributed by atoms with Gasteiger partial charge in [-0.05, 0) is 29.7 Å². The fourth-order valence-corrected chi connectivity index (χ4v) is 5.90. The highest BCUT2D eigenvalue weighted by Crippen LogP contribution is 2.29. The molecule has 2 amide bonds. The van der Waals surface area contributed by atoms with Gasteiger partial charge < -0.3 is 0 Å². The topological polar surface area (TPSA) is 78.0 Å². The average Bonchev–Trinajstić information content (AvgIpc) is 2.83. The third kappa shape index (κ3) is 3.50. The van der Waals surface area contributed by atoms with E-state index in [0.717, 1.165) is 10.8 Å². The van der Waals surface area contributed by atoms with E-state index in [1.54, 1.807) is 42.5 Å². The molecule has 0 atom stereocenters. The molecule has 3 aromatic rings. The molecule has 0 aliphatic carbocycles. The first-order chi connectivity index (χ1) is 15.5. The fourth-order valence-electron chi connectivity index (χ4n) is 4.46. The summed E-state index contributed by atoms with van der Waals surface area (Å²) in [7, 11) is -3.51. The SMILES string of the molecule is O=C1c2cccc3cccc(c23)C(=O)N1CCN1CCN(S(=O)(=O)c2ccccc2)CC1. The predicted octanol–water partition coefficient (Wildman–Crippen LogP) is 2.44. The quantitative estimate of drug-likeness (QED) is 0.559. The Labute approximate surface area is 186 Å². The number of sulfonamides is 1. The van der Waals surface area contributed by atoms with Crippen molar-refractivity contribution in [3.05, 3.63) is 77.9 Å². The van der Waals surface area contributed by atoms with E-state index in [1.165, 1.54) is 9.21 Å². The average molecular weight is 450 g/mol. The molecule has 0 saturated carbocycles. The van der Waals surface area contributed by atoms with Gasteiger partial charge in [-0.15, -0.1) is 0 Å². The van der Waals surface area contributed by atoms with Gasteiger partial charge in [-0.25, -0.2) is 8.42 Å². The number of amides is 2. The van der Waals surface area contributed by atoms with Crippen molar-refractivity contribution in [3.8, 4) is 0 Å². The summed E-state index contributed by atoms with van der Waals surface area (Å²) in [5, 5.41) is 1.61. The molecule has 8 heteroatoms. The highest BCUT2D eigenvalue weighted by Gasteiger charge is 2.33. The largest absolute Gasteiger partial charge is 0.299 e. The van der Waals surface area contributed by atoms with Crippen LogP contribution in [0.15, 0.2) is 71.6 Å². The first kappa shape index (κ1) is 20.8. The molecule has 0 spiro atoms. The van der Waals surface area contributed by atoms with Crippen molar-refractivity contribution in [3.63, 3.8) is 0 Å². The van der Waals surface area contributed by atoms with Gasteiger partial charge in [0, 0.05) is 55.8 Å². The number of piperazine rings is 1. The molecule has 164 valence electrons. The van der Waals surface area contributed by atoms with E-state index in [4.69, 9.17) is 0 Å². The van der Waals surface area contributed by atoms with Crippen molar-refractivity contribution in [2.45, 2.75) is 4.90 Å². The summed E-state index contributed by atoms with van der Waals surface area (Å²) < 4.78 is 27.1. The van der Waals surface area contributed by atoms with Crippen molar-refractivity contribution in [2.24, 2.45) is 0 Å². The van der Waals surface area contributed by atoms with Crippen LogP contribution in [0.3, 0.4) is 0 Å². The molecule has 2 aliphatic heterocycles. The lowest BCUT2D eigenvalue weighted by Gasteiger charge is -2.35. The maximum absolute atomic E-state index is 13.0. The molecule has 7 nitrogen and oxygen atoms in total. The van der Waals surface area contributed by atoms with Crippen LogP contribution in [-0.2, 0) is 10.0 Å². The van der Waals surface area contributed by atoms with Gasteiger partial charge in [0.05, 0.1) is 4.90 Å². The molecule has 0 radical (unpaired) electrons. The fraction of sp³-hybridized carbons (Fsp3) is 0.250. The van der Waals surface area contributed by atoms with E-state index in [1.807, 2.05) is 24.3 Å². The molecular formula is C24H23N3O4S. The van der Waals surface area contributed by atoms with Crippen molar-refractivity contribution in [1.82, 2.24) is 14.1 Å². The smallest absolute Gasteiger partial charge is 0.261 e. The van der Waals surface area contributed by atoms with Crippen LogP contribution in [0.2, 0.25) is 0 Å². The Balaban J connectivity index is 1.25. The molecule has 1 saturated heterocycles. The van der Waals surface area contributed by atoms with Gasteiger partial charge in [-0.1, -0.05) is 42.5 Å². The highest BCUT2D eigenvalue weighted by atomic mass is 32.2. The number of hydrogen-bond acceptors (Lipinski definition) is 5. The van der Waals surface area contributed by atoms with Crippen LogP contribution in [-0.4, -0.2) is 73.6 Å². The van der Waals surface area contributed by atoms with E-state index < -0.39 is 10.0 Å². The van der Waals surface area contributed by atoms with Crippen LogP contribution in [0.1, 0.15) is 20.7 Å². The standard InChI is InChI=1S/C24H23N3O4S/c28-23-20-10-4-6-18-7-5-11-21(22(18)20)24(29)27(23)17-14-25-12-15-26(16-13-25)32(30,31)19-8-2-1-3-9-19/h1-11H,12-17H2. The van der Waals surface area contributed by atoms with Crippen LogP contribution >= 0.6 is 0 Å². The number of carbonyl (C=O) groups excluding carboxylic acids is 2. The molecular weight excluding hydrogens is 426 g/mol. The Morgan fingerprint density at radius 2 is 1.28 bits per heavy atom. The third-order valence-corrected chi connectivity index (χ3v) is 8.12. The highest BCUT2D eigenvalue weighted by molar-refractivity contribution is 7.89. The number of imide groups is 1. The van der Waals surface area contributed by atoms with Crippen LogP contribution in [0, 0.1) is 0 Å². The van der Waals surface area contributed by atoms with Crippen molar-refractivity contribution in [2.75, 3.05) is 39.3 Å². The van der Waals surface area contributed by atoms with E-state index in [-0.39, 0.29) is 18.4 Å². The first-order valence-electron chi connectivity index (χ1n) is 10.6. The Morgan fingerprint density at radius 3 is 1.88 bits per heavy atom. The molecule has 0 unspecified atom stereocenters. The van der Waals surface area contributed by atoms with Crippen LogP contribution in [0.25, 0.3) is 10.8 Å².